The number of hydrogen-bond donors (Lipinski definition) is 3. The van der Waals surface area contributed by atoms with E-state index in [1.54, 1.807) is 4.90 Å². The molecule has 0 bridgehead atoms. The highest BCUT2D eigenvalue weighted by Crippen LogP contribution is 1.87. The molecule has 0 atom stereocenters. The summed E-state index contributed by atoms with van der Waals surface area (Å²) in [4.78, 5) is 24.4. The van der Waals surface area contributed by atoms with Crippen molar-refractivity contribution in [2.75, 3.05) is 39.3 Å². The highest BCUT2D eigenvalue weighted by atomic mass is 16.2. The lowest BCUT2D eigenvalue weighted by Crippen LogP contribution is -2.43. The van der Waals surface area contributed by atoms with Gasteiger partial charge in [0.25, 0.3) is 0 Å². The maximum Gasteiger partial charge on any atom is 0.234 e. The van der Waals surface area contributed by atoms with E-state index in [9.17, 15) is 9.59 Å². The first-order valence-corrected chi connectivity index (χ1v) is 5.59. The van der Waals surface area contributed by atoms with Crippen molar-refractivity contribution in [3.05, 3.63) is 0 Å². The van der Waals surface area contributed by atoms with Gasteiger partial charge in [0.2, 0.25) is 11.8 Å². The van der Waals surface area contributed by atoms with E-state index in [-0.39, 0.29) is 24.9 Å². The maximum absolute atomic E-state index is 11.4. The summed E-state index contributed by atoms with van der Waals surface area (Å²) >= 11 is 0. The van der Waals surface area contributed by atoms with E-state index in [1.165, 1.54) is 0 Å². The number of nitrogens with zero attached hydrogens (tertiary/aromatic N) is 1. The highest BCUT2D eigenvalue weighted by Gasteiger charge is 2.11. The van der Waals surface area contributed by atoms with Crippen LogP contribution in [0.25, 0.3) is 0 Å². The van der Waals surface area contributed by atoms with E-state index in [0.29, 0.717) is 26.2 Å². The molecule has 0 unspecified atom stereocenters. The lowest BCUT2D eigenvalue weighted by Gasteiger charge is -2.18. The molecule has 94 valence electrons. The van der Waals surface area contributed by atoms with Crippen LogP contribution < -0.4 is 16.4 Å². The van der Waals surface area contributed by atoms with E-state index in [2.05, 4.69) is 10.6 Å². The fourth-order valence-corrected chi connectivity index (χ4v) is 1.21. The van der Waals surface area contributed by atoms with Gasteiger partial charge in [0.1, 0.15) is 0 Å². The molecule has 4 N–H and O–H groups in total. The Morgan fingerprint density at radius 3 is 2.12 bits per heavy atom. The van der Waals surface area contributed by atoms with Gasteiger partial charge in [-0.25, -0.2) is 0 Å². The maximum atomic E-state index is 11.4. The minimum absolute atomic E-state index is 0.0593. The average Bonchev–Trinajstić information content (AvgIpc) is 2.25. The van der Waals surface area contributed by atoms with Crippen LogP contribution in [0.2, 0.25) is 0 Å². The van der Waals surface area contributed by atoms with Gasteiger partial charge in [-0.1, -0.05) is 6.92 Å². The summed E-state index contributed by atoms with van der Waals surface area (Å²) in [6.45, 7) is 6.42. The van der Waals surface area contributed by atoms with Gasteiger partial charge in [0.05, 0.1) is 13.1 Å². The topological polar surface area (TPSA) is 87.5 Å². The molecule has 0 aromatic carbocycles. The van der Waals surface area contributed by atoms with E-state index in [1.807, 2.05) is 13.8 Å². The average molecular weight is 230 g/mol. The summed E-state index contributed by atoms with van der Waals surface area (Å²) < 4.78 is 0. The van der Waals surface area contributed by atoms with Crippen LogP contribution in [0.5, 0.6) is 0 Å². The Morgan fingerprint density at radius 2 is 1.69 bits per heavy atom. The van der Waals surface area contributed by atoms with Gasteiger partial charge in [-0.05, 0) is 13.5 Å². The molecule has 0 aromatic rings. The number of carbonyl (C=O) groups is 2. The Hall–Kier alpha value is -1.14. The molecule has 2 amide bonds. The molecule has 0 fully saturated rings. The van der Waals surface area contributed by atoms with E-state index >= 15 is 0 Å². The van der Waals surface area contributed by atoms with Gasteiger partial charge in [-0.2, -0.15) is 0 Å². The van der Waals surface area contributed by atoms with Crippen LogP contribution >= 0.6 is 0 Å². The van der Waals surface area contributed by atoms with Crippen molar-refractivity contribution in [3.8, 4) is 0 Å². The van der Waals surface area contributed by atoms with Crippen molar-refractivity contribution < 1.29 is 9.59 Å². The first kappa shape index (κ1) is 14.9. The predicted octanol–water partition coefficient (Wildman–Crippen LogP) is -1.48. The molecule has 0 aliphatic carbocycles. The Morgan fingerprint density at radius 1 is 1.12 bits per heavy atom. The minimum Gasteiger partial charge on any atom is -0.355 e. The van der Waals surface area contributed by atoms with Gasteiger partial charge in [-0.15, -0.1) is 0 Å². The smallest absolute Gasteiger partial charge is 0.234 e. The third-order valence-electron chi connectivity index (χ3n) is 2.02. The molecule has 0 radical (unpaired) electrons. The molecule has 0 rings (SSSR count). The fourth-order valence-electron chi connectivity index (χ4n) is 1.21. The van der Waals surface area contributed by atoms with Crippen molar-refractivity contribution in [2.45, 2.75) is 13.8 Å². The standard InChI is InChI=1S/C10H22N4O2/c1-3-12-9(15)7-14(4-2)8-10(16)13-6-5-11/h3-8,11H2,1-2H3,(H,12,15)(H,13,16). The molecule has 0 aliphatic heterocycles. The van der Waals surface area contributed by atoms with Crippen molar-refractivity contribution in [3.63, 3.8) is 0 Å². The quantitative estimate of drug-likeness (QED) is 0.474. The molecule has 6 nitrogen and oxygen atoms in total. The van der Waals surface area contributed by atoms with E-state index < -0.39 is 0 Å². The minimum atomic E-state index is -0.100. The van der Waals surface area contributed by atoms with Crippen LogP contribution in [-0.2, 0) is 9.59 Å². The van der Waals surface area contributed by atoms with Crippen molar-refractivity contribution >= 4 is 11.8 Å². The zero-order valence-electron chi connectivity index (χ0n) is 10.1. The number of carbonyl (C=O) groups excluding carboxylic acids is 2. The summed E-state index contributed by atoms with van der Waals surface area (Å²) in [5, 5.41) is 5.36. The van der Waals surface area contributed by atoms with Crippen molar-refractivity contribution in [2.24, 2.45) is 5.73 Å². The molecule has 0 heterocycles. The molecule has 0 spiro atoms. The van der Waals surface area contributed by atoms with Crippen LogP contribution in [-0.4, -0.2) is 56.0 Å². The van der Waals surface area contributed by atoms with Gasteiger partial charge in [0, 0.05) is 19.6 Å². The van der Waals surface area contributed by atoms with Crippen molar-refractivity contribution in [1.29, 1.82) is 0 Å². The normalized spacial score (nSPS) is 10.2. The van der Waals surface area contributed by atoms with Crippen LogP contribution in [0.1, 0.15) is 13.8 Å². The van der Waals surface area contributed by atoms with Crippen LogP contribution in [0.3, 0.4) is 0 Å². The number of nitrogens with one attached hydrogen (secondary N) is 2. The molecule has 16 heavy (non-hydrogen) atoms. The number of amides is 2. The number of nitrogens with two attached hydrogens (primary N) is 1. The molecule has 0 saturated carbocycles. The van der Waals surface area contributed by atoms with Gasteiger partial charge in [0.15, 0.2) is 0 Å². The summed E-state index contributed by atoms with van der Waals surface area (Å²) in [6.07, 6.45) is 0. The summed E-state index contributed by atoms with van der Waals surface area (Å²) in [5.74, 6) is -0.160. The summed E-state index contributed by atoms with van der Waals surface area (Å²) in [7, 11) is 0. The molecular weight excluding hydrogens is 208 g/mol. The SMILES string of the molecule is CCNC(=O)CN(CC)CC(=O)NCCN. The van der Waals surface area contributed by atoms with Gasteiger partial charge < -0.3 is 16.4 Å². The zero-order valence-corrected chi connectivity index (χ0v) is 10.1. The second kappa shape index (κ2) is 9.11. The van der Waals surface area contributed by atoms with E-state index in [4.69, 9.17) is 5.73 Å². The summed E-state index contributed by atoms with van der Waals surface area (Å²) in [5.41, 5.74) is 5.27. The first-order valence-electron chi connectivity index (χ1n) is 5.59. The Balaban J connectivity index is 3.90. The largest absolute Gasteiger partial charge is 0.355 e. The lowest BCUT2D eigenvalue weighted by atomic mass is 10.4. The molecule has 0 aromatic heterocycles. The molecule has 0 aliphatic rings. The number of likely N-dealkylation sites (N-methyl/N-ethyl adjacent to an activating group) is 2. The predicted molar refractivity (Wildman–Crippen MR) is 62.9 cm³/mol. The molecule has 0 saturated heterocycles. The number of hydrogen-bond acceptors (Lipinski definition) is 4. The van der Waals surface area contributed by atoms with Gasteiger partial charge >= 0.3 is 0 Å². The second-order valence-corrected chi connectivity index (χ2v) is 3.40. The molecule has 6 heteroatoms. The monoisotopic (exact) mass is 230 g/mol. The van der Waals surface area contributed by atoms with E-state index in [0.717, 1.165) is 0 Å². The Bertz CT molecular complexity index is 221. The fraction of sp³-hybridized carbons (Fsp3) is 0.800. The second-order valence-electron chi connectivity index (χ2n) is 3.40. The highest BCUT2D eigenvalue weighted by molar-refractivity contribution is 5.81. The Kier molecular flexibility index (Phi) is 8.46. The number of rotatable bonds is 8. The van der Waals surface area contributed by atoms with Crippen molar-refractivity contribution in [1.82, 2.24) is 15.5 Å². The summed E-state index contributed by atoms with van der Waals surface area (Å²) in [6, 6.07) is 0. The zero-order chi connectivity index (χ0) is 12.4. The lowest BCUT2D eigenvalue weighted by molar-refractivity contribution is -0.124. The van der Waals surface area contributed by atoms with Crippen LogP contribution in [0, 0.1) is 0 Å². The third kappa shape index (κ3) is 7.19. The van der Waals surface area contributed by atoms with Crippen LogP contribution in [0.4, 0.5) is 0 Å². The Labute approximate surface area is 96.5 Å². The first-order chi connectivity index (χ1) is 7.63. The van der Waals surface area contributed by atoms with Crippen LogP contribution in [0.15, 0.2) is 0 Å². The third-order valence-corrected chi connectivity index (χ3v) is 2.02. The van der Waals surface area contributed by atoms with Gasteiger partial charge in [-0.3, -0.25) is 14.5 Å². The molecular formula is C10H22N4O2.